The number of amidine groups is 1. The van der Waals surface area contributed by atoms with Crippen molar-refractivity contribution in [3.63, 3.8) is 0 Å². The van der Waals surface area contributed by atoms with Crippen molar-refractivity contribution in [2.24, 2.45) is 16.8 Å². The summed E-state index contributed by atoms with van der Waals surface area (Å²) in [7, 11) is 0. The quantitative estimate of drug-likeness (QED) is 0.243. The SMILES string of the molecule is N/C(CCCNC(=O)C1Cc2ccccc2C1)=N/O. The number of benzene rings is 1. The molecule has 1 aliphatic rings. The van der Waals surface area contributed by atoms with Crippen LogP contribution < -0.4 is 11.1 Å². The molecule has 0 saturated heterocycles. The second-order valence-electron chi connectivity index (χ2n) is 4.86. The van der Waals surface area contributed by atoms with Crippen LogP contribution in [0.5, 0.6) is 0 Å². The van der Waals surface area contributed by atoms with Crippen LogP contribution in [0, 0.1) is 5.92 Å². The molecule has 1 aromatic carbocycles. The van der Waals surface area contributed by atoms with Crippen molar-refractivity contribution in [3.05, 3.63) is 35.4 Å². The van der Waals surface area contributed by atoms with Gasteiger partial charge in [-0.15, -0.1) is 0 Å². The molecule has 1 amide bonds. The van der Waals surface area contributed by atoms with Crippen LogP contribution in [0.25, 0.3) is 0 Å². The first-order valence-electron chi connectivity index (χ1n) is 6.51. The largest absolute Gasteiger partial charge is 0.409 e. The van der Waals surface area contributed by atoms with Crippen molar-refractivity contribution in [2.45, 2.75) is 25.7 Å². The first-order chi connectivity index (χ1) is 9.20. The van der Waals surface area contributed by atoms with E-state index in [9.17, 15) is 4.79 Å². The zero-order valence-electron chi connectivity index (χ0n) is 10.8. The Hall–Kier alpha value is -2.04. The lowest BCUT2D eigenvalue weighted by Gasteiger charge is -2.10. The van der Waals surface area contributed by atoms with E-state index in [2.05, 4.69) is 22.6 Å². The molecule has 4 N–H and O–H groups in total. The number of carbonyl (C=O) groups is 1. The summed E-state index contributed by atoms with van der Waals surface area (Å²) >= 11 is 0. The average molecular weight is 261 g/mol. The zero-order chi connectivity index (χ0) is 13.7. The van der Waals surface area contributed by atoms with E-state index < -0.39 is 0 Å². The van der Waals surface area contributed by atoms with E-state index in [1.54, 1.807) is 0 Å². The molecule has 5 heteroatoms. The zero-order valence-corrected chi connectivity index (χ0v) is 10.8. The minimum absolute atomic E-state index is 0.0428. The molecule has 0 bridgehead atoms. The fourth-order valence-electron chi connectivity index (χ4n) is 2.42. The molecule has 0 saturated carbocycles. The van der Waals surface area contributed by atoms with Crippen LogP contribution in [-0.4, -0.2) is 23.5 Å². The summed E-state index contributed by atoms with van der Waals surface area (Å²) in [6.07, 6.45) is 2.81. The van der Waals surface area contributed by atoms with Crippen LogP contribution in [0.2, 0.25) is 0 Å². The van der Waals surface area contributed by atoms with E-state index in [1.165, 1.54) is 11.1 Å². The third-order valence-corrected chi connectivity index (χ3v) is 3.46. The molecule has 0 atom stereocenters. The van der Waals surface area contributed by atoms with Crippen LogP contribution in [0.1, 0.15) is 24.0 Å². The Labute approximate surface area is 112 Å². The van der Waals surface area contributed by atoms with Gasteiger partial charge in [0.1, 0.15) is 5.84 Å². The van der Waals surface area contributed by atoms with Crippen LogP contribution in [0.3, 0.4) is 0 Å². The van der Waals surface area contributed by atoms with E-state index in [1.807, 2.05) is 12.1 Å². The highest BCUT2D eigenvalue weighted by Crippen LogP contribution is 2.26. The summed E-state index contributed by atoms with van der Waals surface area (Å²) in [6, 6.07) is 8.19. The summed E-state index contributed by atoms with van der Waals surface area (Å²) in [6.45, 7) is 0.557. The highest BCUT2D eigenvalue weighted by atomic mass is 16.4. The lowest BCUT2D eigenvalue weighted by molar-refractivity contribution is -0.124. The van der Waals surface area contributed by atoms with E-state index >= 15 is 0 Å². The number of nitrogens with one attached hydrogen (secondary N) is 1. The van der Waals surface area contributed by atoms with Gasteiger partial charge in [-0.25, -0.2) is 0 Å². The number of fused-ring (bicyclic) bond motifs is 1. The van der Waals surface area contributed by atoms with Crippen LogP contribution in [0.4, 0.5) is 0 Å². The van der Waals surface area contributed by atoms with Crippen molar-refractivity contribution in [1.29, 1.82) is 0 Å². The predicted molar refractivity (Wildman–Crippen MR) is 73.0 cm³/mol. The molecule has 5 nitrogen and oxygen atoms in total. The van der Waals surface area contributed by atoms with Gasteiger partial charge in [-0.1, -0.05) is 29.4 Å². The van der Waals surface area contributed by atoms with Crippen molar-refractivity contribution in [1.82, 2.24) is 5.32 Å². The summed E-state index contributed by atoms with van der Waals surface area (Å²) in [5.74, 6) is 0.333. The molecule has 0 fully saturated rings. The fraction of sp³-hybridized carbons (Fsp3) is 0.429. The fourth-order valence-corrected chi connectivity index (χ4v) is 2.42. The molecule has 0 unspecified atom stereocenters. The minimum atomic E-state index is 0.0428. The number of nitrogens with two attached hydrogens (primary N) is 1. The van der Waals surface area contributed by atoms with Gasteiger partial charge in [-0.2, -0.15) is 0 Å². The molecule has 1 aromatic rings. The molecule has 1 aliphatic carbocycles. The molecule has 0 aromatic heterocycles. The third kappa shape index (κ3) is 3.47. The second-order valence-corrected chi connectivity index (χ2v) is 4.86. The van der Waals surface area contributed by atoms with E-state index in [-0.39, 0.29) is 17.7 Å². The topological polar surface area (TPSA) is 87.7 Å². The van der Waals surface area contributed by atoms with E-state index in [4.69, 9.17) is 10.9 Å². The number of amides is 1. The van der Waals surface area contributed by atoms with Gasteiger partial charge in [0.25, 0.3) is 0 Å². The van der Waals surface area contributed by atoms with Crippen molar-refractivity contribution >= 4 is 11.7 Å². The van der Waals surface area contributed by atoms with Gasteiger partial charge in [-0.05, 0) is 30.4 Å². The molecular formula is C14H19N3O2. The maximum atomic E-state index is 12.0. The molecule has 0 aliphatic heterocycles. The Kier molecular flexibility index (Phi) is 4.39. The second kappa shape index (κ2) is 6.22. The maximum absolute atomic E-state index is 12.0. The monoisotopic (exact) mass is 261 g/mol. The molecule has 0 radical (unpaired) electrons. The Morgan fingerprint density at radius 1 is 1.37 bits per heavy atom. The number of nitrogens with zero attached hydrogens (tertiary/aromatic N) is 1. The van der Waals surface area contributed by atoms with Crippen LogP contribution >= 0.6 is 0 Å². The van der Waals surface area contributed by atoms with E-state index in [0.29, 0.717) is 19.4 Å². The third-order valence-electron chi connectivity index (χ3n) is 3.46. The number of rotatable bonds is 5. The summed E-state index contributed by atoms with van der Waals surface area (Å²) in [4.78, 5) is 12.0. The predicted octanol–water partition coefficient (Wildman–Crippen LogP) is 1.04. The summed E-state index contributed by atoms with van der Waals surface area (Å²) in [5.41, 5.74) is 7.91. The Morgan fingerprint density at radius 3 is 2.58 bits per heavy atom. The summed E-state index contributed by atoms with van der Waals surface area (Å²) < 4.78 is 0. The van der Waals surface area contributed by atoms with Crippen LogP contribution in [-0.2, 0) is 17.6 Å². The normalized spacial score (nSPS) is 15.3. The van der Waals surface area contributed by atoms with Gasteiger partial charge >= 0.3 is 0 Å². The Bertz CT molecular complexity index is 460. The van der Waals surface area contributed by atoms with Gasteiger partial charge in [0, 0.05) is 18.9 Å². The lowest BCUT2D eigenvalue weighted by atomic mass is 10.1. The standard InChI is InChI=1S/C14H19N3O2/c15-13(17-19)6-3-7-16-14(18)12-8-10-4-1-2-5-11(10)9-12/h1-2,4-5,12,19H,3,6-9H2,(H2,15,17)(H,16,18). The van der Waals surface area contributed by atoms with Crippen molar-refractivity contribution in [3.8, 4) is 0 Å². The highest BCUT2D eigenvalue weighted by Gasteiger charge is 2.26. The van der Waals surface area contributed by atoms with Crippen molar-refractivity contribution < 1.29 is 10.0 Å². The summed E-state index contributed by atoms with van der Waals surface area (Å²) in [5, 5.41) is 14.2. The average Bonchev–Trinajstić information content (AvgIpc) is 2.87. The molecule has 2 rings (SSSR count). The molecule has 0 heterocycles. The van der Waals surface area contributed by atoms with Gasteiger partial charge in [-0.3, -0.25) is 4.79 Å². The maximum Gasteiger partial charge on any atom is 0.223 e. The van der Waals surface area contributed by atoms with Crippen LogP contribution in [0.15, 0.2) is 29.4 Å². The van der Waals surface area contributed by atoms with Gasteiger partial charge < -0.3 is 16.3 Å². The number of hydrogen-bond donors (Lipinski definition) is 3. The van der Waals surface area contributed by atoms with Gasteiger partial charge in [0.05, 0.1) is 0 Å². The lowest BCUT2D eigenvalue weighted by Crippen LogP contribution is -2.32. The van der Waals surface area contributed by atoms with Gasteiger partial charge in [0.15, 0.2) is 0 Å². The number of hydrogen-bond acceptors (Lipinski definition) is 3. The first-order valence-corrected chi connectivity index (χ1v) is 6.51. The van der Waals surface area contributed by atoms with Crippen molar-refractivity contribution in [2.75, 3.05) is 6.54 Å². The number of oxime groups is 1. The minimum Gasteiger partial charge on any atom is -0.409 e. The van der Waals surface area contributed by atoms with E-state index in [0.717, 1.165) is 12.8 Å². The van der Waals surface area contributed by atoms with Gasteiger partial charge in [0.2, 0.25) is 5.91 Å². The molecule has 102 valence electrons. The Morgan fingerprint density at radius 2 is 2.00 bits per heavy atom. The first kappa shape index (κ1) is 13.4. The smallest absolute Gasteiger partial charge is 0.223 e. The molecular weight excluding hydrogens is 242 g/mol. The highest BCUT2D eigenvalue weighted by molar-refractivity contribution is 5.81. The molecule has 0 spiro atoms. The number of carbonyl (C=O) groups excluding carboxylic acids is 1. The molecule has 19 heavy (non-hydrogen) atoms. The Balaban J connectivity index is 1.74.